The molecule has 104 valence electrons. The molecule has 0 aliphatic heterocycles. The topological polar surface area (TPSA) is 54.2 Å². The Morgan fingerprint density at radius 2 is 1.79 bits per heavy atom. The lowest BCUT2D eigenvalue weighted by atomic mass is 10.1. The first-order chi connectivity index (χ1) is 8.65. The van der Waals surface area contributed by atoms with Crippen LogP contribution in [0.2, 0.25) is 0 Å². The second kappa shape index (κ2) is 5.10. The number of sulfonamides is 1. The summed E-state index contributed by atoms with van der Waals surface area (Å²) in [5, 5.41) is 0. The zero-order valence-electron chi connectivity index (χ0n) is 9.48. The number of hydrogen-bond acceptors (Lipinski definition) is 3. The van der Waals surface area contributed by atoms with Crippen molar-refractivity contribution in [3.8, 4) is 0 Å². The van der Waals surface area contributed by atoms with Crippen LogP contribution in [0.25, 0.3) is 0 Å². The number of nitrogens with zero attached hydrogens (tertiary/aromatic N) is 1. The van der Waals surface area contributed by atoms with Crippen LogP contribution in [0.4, 0.5) is 17.6 Å². The molecule has 0 saturated carbocycles. The van der Waals surface area contributed by atoms with Crippen LogP contribution in [0.5, 0.6) is 0 Å². The second-order valence-electron chi connectivity index (χ2n) is 3.48. The average Bonchev–Trinajstić information content (AvgIpc) is 2.37. The smallest absolute Gasteiger partial charge is 0.203 e. The van der Waals surface area contributed by atoms with Crippen LogP contribution in [-0.4, -0.2) is 32.0 Å². The molecule has 0 spiro atoms. The fourth-order valence-corrected chi connectivity index (χ4v) is 2.41. The number of halogens is 4. The summed E-state index contributed by atoms with van der Waals surface area (Å²) in [5.74, 6) is -4.65. The maximum atomic E-state index is 13.3. The quantitative estimate of drug-likeness (QED) is 0.368. The lowest BCUT2D eigenvalue weighted by Gasteiger charge is -2.17. The largest absolute Gasteiger partial charge is 0.442 e. The van der Waals surface area contributed by atoms with Crippen molar-refractivity contribution in [1.82, 2.24) is 0 Å². The summed E-state index contributed by atoms with van der Waals surface area (Å²) in [6.45, 7) is 0. The fourth-order valence-electron chi connectivity index (χ4n) is 1.28. The van der Waals surface area contributed by atoms with E-state index in [1.165, 1.54) is 0 Å². The van der Waals surface area contributed by atoms with Gasteiger partial charge >= 0.3 is 28.5 Å². The van der Waals surface area contributed by atoms with Gasteiger partial charge in [-0.15, -0.1) is 0 Å². The van der Waals surface area contributed by atoms with Gasteiger partial charge in [-0.05, 0) is 10.0 Å². The molecule has 0 aliphatic rings. The minimum Gasteiger partial charge on any atom is -0.203 e. The number of alkyl halides is 4. The Labute approximate surface area is 106 Å². The molecular formula is C10H8F4NO3S+. The van der Waals surface area contributed by atoms with Crippen LogP contribution in [0.3, 0.4) is 0 Å². The zero-order valence-corrected chi connectivity index (χ0v) is 10.3. The minimum absolute atomic E-state index is 0.00732. The third-order valence-corrected chi connectivity index (χ3v) is 3.99. The molecule has 0 atom stereocenters. The molecule has 19 heavy (non-hydrogen) atoms. The number of benzene rings is 1. The van der Waals surface area contributed by atoms with Crippen LogP contribution in [0.15, 0.2) is 29.2 Å². The first kappa shape index (κ1) is 15.3. The van der Waals surface area contributed by atoms with E-state index in [-0.39, 0.29) is 3.98 Å². The molecule has 9 heteroatoms. The van der Waals surface area contributed by atoms with Crippen molar-refractivity contribution in [2.24, 2.45) is 0 Å². The lowest BCUT2D eigenvalue weighted by molar-refractivity contribution is -0.324. The molecule has 4 nitrogen and oxygen atoms in total. The van der Waals surface area contributed by atoms with Crippen molar-refractivity contribution in [3.05, 3.63) is 29.8 Å². The van der Waals surface area contributed by atoms with Gasteiger partial charge in [-0.3, -0.25) is 0 Å². The van der Waals surface area contributed by atoms with E-state index in [0.717, 1.165) is 31.3 Å². The Morgan fingerprint density at radius 3 is 2.26 bits per heavy atom. The standard InChI is InChI=1S/C10H8F4NO3S/c1-15(6-16)19(17,18)8-5-3-2-4-7(8)10(13,14)9(11)12/h2-5,9H,1H3/q+1. The van der Waals surface area contributed by atoms with Crippen molar-refractivity contribution in [3.63, 3.8) is 0 Å². The molecule has 0 heterocycles. The van der Waals surface area contributed by atoms with Crippen LogP contribution in [0.1, 0.15) is 5.56 Å². The second-order valence-corrected chi connectivity index (χ2v) is 5.42. The van der Waals surface area contributed by atoms with E-state index in [1.807, 2.05) is 0 Å². The van der Waals surface area contributed by atoms with Crippen LogP contribution >= 0.6 is 0 Å². The van der Waals surface area contributed by atoms with E-state index >= 15 is 0 Å². The highest BCUT2D eigenvalue weighted by Gasteiger charge is 2.47. The van der Waals surface area contributed by atoms with Crippen molar-refractivity contribution >= 4 is 16.1 Å². The van der Waals surface area contributed by atoms with E-state index in [0.29, 0.717) is 6.07 Å². The molecular weight excluding hydrogens is 290 g/mol. The predicted molar refractivity (Wildman–Crippen MR) is 55.4 cm³/mol. The number of hydrogen-bond donors (Lipinski definition) is 0. The highest BCUT2D eigenvalue weighted by Crippen LogP contribution is 2.38. The van der Waals surface area contributed by atoms with Crippen molar-refractivity contribution in [1.29, 1.82) is 0 Å². The van der Waals surface area contributed by atoms with Gasteiger partial charge in [0.05, 0.1) is 5.56 Å². The molecule has 0 N–H and O–H groups in total. The monoisotopic (exact) mass is 298 g/mol. The molecule has 1 aromatic carbocycles. The number of carbonyl (C=O) groups excluding carboxylic acids is 1. The van der Waals surface area contributed by atoms with E-state index < -0.39 is 32.8 Å². The van der Waals surface area contributed by atoms with Crippen molar-refractivity contribution in [2.45, 2.75) is 17.2 Å². The summed E-state index contributed by atoms with van der Waals surface area (Å²) in [5.41, 5.74) is -1.37. The number of rotatable bonds is 4. The van der Waals surface area contributed by atoms with Gasteiger partial charge < -0.3 is 0 Å². The minimum atomic E-state index is -4.65. The van der Waals surface area contributed by atoms with Gasteiger partial charge in [-0.1, -0.05) is 18.2 Å². The third kappa shape index (κ3) is 2.66. The average molecular weight is 298 g/mol. The Kier molecular flexibility index (Phi) is 4.12. The maximum absolute atomic E-state index is 13.3. The van der Waals surface area contributed by atoms with Crippen molar-refractivity contribution in [2.75, 3.05) is 7.05 Å². The Hall–Kier alpha value is -1.73. The maximum Gasteiger partial charge on any atom is 0.442 e. The van der Waals surface area contributed by atoms with Gasteiger partial charge in [0.2, 0.25) is 0 Å². The van der Waals surface area contributed by atoms with E-state index in [2.05, 4.69) is 0 Å². The van der Waals surface area contributed by atoms with Crippen LogP contribution in [0, 0.1) is 0 Å². The Balaban J connectivity index is 3.62. The molecule has 0 aromatic heterocycles. The van der Waals surface area contributed by atoms with Crippen molar-refractivity contribution < 1.29 is 34.8 Å². The van der Waals surface area contributed by atoms with Gasteiger partial charge in [-0.2, -0.15) is 22.0 Å². The molecule has 1 rings (SSSR count). The summed E-state index contributed by atoms with van der Waals surface area (Å²) >= 11 is 0. The van der Waals surface area contributed by atoms with Gasteiger partial charge in [0.1, 0.15) is 4.90 Å². The first-order valence-electron chi connectivity index (χ1n) is 4.78. The normalized spacial score (nSPS) is 12.3. The van der Waals surface area contributed by atoms with Crippen LogP contribution in [-0.2, 0) is 20.7 Å². The molecule has 0 unspecified atom stereocenters. The predicted octanol–water partition coefficient (Wildman–Crippen LogP) is 1.71. The summed E-state index contributed by atoms with van der Waals surface area (Å²) in [7, 11) is -3.88. The van der Waals surface area contributed by atoms with Gasteiger partial charge in [0.15, 0.2) is 7.05 Å². The highest BCUT2D eigenvalue weighted by molar-refractivity contribution is 7.85. The Morgan fingerprint density at radius 1 is 1.26 bits per heavy atom. The van der Waals surface area contributed by atoms with Crippen LogP contribution < -0.4 is 0 Å². The van der Waals surface area contributed by atoms with Gasteiger partial charge in [-0.25, -0.2) is 8.78 Å². The van der Waals surface area contributed by atoms with E-state index in [1.54, 1.807) is 0 Å². The summed E-state index contributed by atoms with van der Waals surface area (Å²) in [4.78, 5) is 9.24. The van der Waals surface area contributed by atoms with Gasteiger partial charge in [0, 0.05) is 0 Å². The molecule has 0 bridgehead atoms. The van der Waals surface area contributed by atoms with Gasteiger partial charge in [0.25, 0.3) is 0 Å². The van der Waals surface area contributed by atoms with E-state index in [9.17, 15) is 30.8 Å². The SMILES string of the molecule is C[N+](=C=O)S(=O)(=O)c1ccccc1C(F)(F)C(F)F. The Bertz CT molecular complexity index is 636. The third-order valence-electron chi connectivity index (χ3n) is 2.29. The zero-order chi connectivity index (χ0) is 14.8. The lowest BCUT2D eigenvalue weighted by Crippen LogP contribution is -2.28. The van der Waals surface area contributed by atoms with E-state index in [4.69, 9.17) is 0 Å². The summed E-state index contributed by atoms with van der Waals surface area (Å²) < 4.78 is 74.7. The highest BCUT2D eigenvalue weighted by atomic mass is 32.2. The molecule has 0 saturated heterocycles. The molecule has 0 fully saturated rings. The summed E-state index contributed by atoms with van der Waals surface area (Å²) in [6, 6.07) is 3.36. The summed E-state index contributed by atoms with van der Waals surface area (Å²) in [6.07, 6.45) is -3.10. The molecule has 0 radical (unpaired) electrons. The molecule has 0 amide bonds. The molecule has 1 aromatic rings. The first-order valence-corrected chi connectivity index (χ1v) is 6.22. The number of isocyanates is 1. The fraction of sp³-hybridized carbons (Fsp3) is 0.300. The molecule has 0 aliphatic carbocycles.